The molecule has 0 aliphatic rings. The van der Waals surface area contributed by atoms with Crippen molar-refractivity contribution in [1.82, 2.24) is 5.32 Å². The highest BCUT2D eigenvalue weighted by molar-refractivity contribution is 5.46. The summed E-state index contributed by atoms with van der Waals surface area (Å²) in [6.07, 6.45) is 0.919. The molecule has 0 saturated heterocycles. The lowest BCUT2D eigenvalue weighted by Crippen LogP contribution is -2.11. The van der Waals surface area contributed by atoms with Gasteiger partial charge in [-0.25, -0.2) is 0 Å². The summed E-state index contributed by atoms with van der Waals surface area (Å²) in [5.41, 5.74) is 2.31. The average molecular weight is 271 g/mol. The molecule has 0 unspecified atom stereocenters. The number of methoxy groups -OCH3 is 1. The van der Waals surface area contributed by atoms with Gasteiger partial charge in [0, 0.05) is 0 Å². The summed E-state index contributed by atoms with van der Waals surface area (Å²) < 4.78 is 11.4. The Balaban J connectivity index is 2.10. The molecule has 0 heterocycles. The molecule has 20 heavy (non-hydrogen) atoms. The normalized spacial score (nSPS) is 10.3. The van der Waals surface area contributed by atoms with Crippen LogP contribution in [0.5, 0.6) is 11.5 Å². The van der Waals surface area contributed by atoms with Crippen LogP contribution in [0.15, 0.2) is 48.5 Å². The summed E-state index contributed by atoms with van der Waals surface area (Å²) in [5, 5.41) is 3.15. The fourth-order valence-corrected chi connectivity index (χ4v) is 2.10. The van der Waals surface area contributed by atoms with E-state index in [1.54, 1.807) is 7.11 Å². The molecule has 0 radical (unpaired) electrons. The minimum absolute atomic E-state index is 0.548. The van der Waals surface area contributed by atoms with E-state index in [4.69, 9.17) is 9.47 Å². The number of hydrogen-bond donors (Lipinski definition) is 1. The fourth-order valence-electron chi connectivity index (χ4n) is 2.10. The Labute approximate surface area is 120 Å². The lowest BCUT2D eigenvalue weighted by atomic mass is 10.1. The molecule has 0 bridgehead atoms. The van der Waals surface area contributed by atoms with Crippen LogP contribution in [0, 0.1) is 0 Å². The highest BCUT2D eigenvalue weighted by atomic mass is 16.5. The van der Waals surface area contributed by atoms with Crippen LogP contribution in [0.25, 0.3) is 0 Å². The molecule has 0 atom stereocenters. The zero-order valence-electron chi connectivity index (χ0n) is 12.1. The first-order valence-electron chi connectivity index (χ1n) is 6.82. The second kappa shape index (κ2) is 7.56. The summed E-state index contributed by atoms with van der Waals surface area (Å²) >= 11 is 0. The molecule has 0 aliphatic carbocycles. The van der Waals surface area contributed by atoms with E-state index in [0.717, 1.165) is 35.6 Å². The minimum Gasteiger partial charge on any atom is -0.493 e. The van der Waals surface area contributed by atoms with Crippen LogP contribution in [-0.4, -0.2) is 20.7 Å². The summed E-state index contributed by atoms with van der Waals surface area (Å²) in [6, 6.07) is 16.2. The van der Waals surface area contributed by atoms with Crippen LogP contribution in [0.4, 0.5) is 0 Å². The largest absolute Gasteiger partial charge is 0.493 e. The number of para-hydroxylation sites is 1. The Hall–Kier alpha value is -2.00. The number of rotatable bonds is 7. The van der Waals surface area contributed by atoms with E-state index in [-0.39, 0.29) is 0 Å². The van der Waals surface area contributed by atoms with Crippen LogP contribution >= 0.6 is 0 Å². The second-order valence-electron chi connectivity index (χ2n) is 4.58. The maximum atomic E-state index is 5.89. The fraction of sp³-hybridized carbons (Fsp3) is 0.294. The monoisotopic (exact) mass is 271 g/mol. The smallest absolute Gasteiger partial charge is 0.163 e. The highest BCUT2D eigenvalue weighted by Crippen LogP contribution is 2.31. The average Bonchev–Trinajstić information content (AvgIpc) is 2.51. The van der Waals surface area contributed by atoms with Gasteiger partial charge in [-0.1, -0.05) is 42.5 Å². The van der Waals surface area contributed by atoms with E-state index < -0.39 is 0 Å². The molecule has 2 aromatic carbocycles. The van der Waals surface area contributed by atoms with E-state index in [1.807, 2.05) is 37.4 Å². The van der Waals surface area contributed by atoms with Crippen molar-refractivity contribution in [1.29, 1.82) is 0 Å². The van der Waals surface area contributed by atoms with Crippen molar-refractivity contribution >= 4 is 0 Å². The molecular weight excluding hydrogens is 250 g/mol. The Kier molecular flexibility index (Phi) is 5.44. The third-order valence-corrected chi connectivity index (χ3v) is 3.15. The van der Waals surface area contributed by atoms with Gasteiger partial charge < -0.3 is 14.8 Å². The van der Waals surface area contributed by atoms with E-state index >= 15 is 0 Å². The van der Waals surface area contributed by atoms with Crippen LogP contribution in [0.1, 0.15) is 11.1 Å². The summed E-state index contributed by atoms with van der Waals surface area (Å²) in [6.45, 7) is 1.46. The number of hydrogen-bond acceptors (Lipinski definition) is 3. The third kappa shape index (κ3) is 3.75. The van der Waals surface area contributed by atoms with Crippen molar-refractivity contribution in [3.8, 4) is 11.5 Å². The minimum atomic E-state index is 0.548. The van der Waals surface area contributed by atoms with Gasteiger partial charge in [0.1, 0.15) is 6.61 Å². The second-order valence-corrected chi connectivity index (χ2v) is 4.58. The highest BCUT2D eigenvalue weighted by Gasteiger charge is 2.09. The molecule has 2 rings (SSSR count). The van der Waals surface area contributed by atoms with Crippen molar-refractivity contribution in [2.45, 2.75) is 13.0 Å². The van der Waals surface area contributed by atoms with Gasteiger partial charge in [0.05, 0.1) is 7.11 Å². The molecule has 0 aliphatic heterocycles. The molecule has 0 amide bonds. The van der Waals surface area contributed by atoms with Gasteiger partial charge in [-0.15, -0.1) is 0 Å². The van der Waals surface area contributed by atoms with Crippen molar-refractivity contribution in [3.05, 3.63) is 59.7 Å². The van der Waals surface area contributed by atoms with Gasteiger partial charge in [-0.2, -0.15) is 0 Å². The van der Waals surface area contributed by atoms with Gasteiger partial charge in [0.25, 0.3) is 0 Å². The number of benzene rings is 2. The maximum Gasteiger partial charge on any atom is 0.163 e. The number of likely N-dealkylation sites (N-methyl/N-ethyl adjacent to an activating group) is 1. The van der Waals surface area contributed by atoms with Gasteiger partial charge >= 0.3 is 0 Å². The molecule has 3 nitrogen and oxygen atoms in total. The molecule has 0 spiro atoms. The van der Waals surface area contributed by atoms with Crippen molar-refractivity contribution in [2.24, 2.45) is 0 Å². The summed E-state index contributed by atoms with van der Waals surface area (Å²) in [5.74, 6) is 1.63. The standard InChI is InChI=1S/C17H21NO2/c1-18-12-11-15-9-6-10-16(17(15)19-2)20-13-14-7-4-3-5-8-14/h3-10,18H,11-13H2,1-2H3. The predicted octanol–water partition coefficient (Wildman–Crippen LogP) is 3.04. The first kappa shape index (κ1) is 14.4. The van der Waals surface area contributed by atoms with Crippen LogP contribution in [0.2, 0.25) is 0 Å². The molecule has 1 N–H and O–H groups in total. The van der Waals surface area contributed by atoms with Crippen molar-refractivity contribution in [2.75, 3.05) is 20.7 Å². The Morgan fingerprint density at radius 2 is 1.80 bits per heavy atom. The summed E-state index contributed by atoms with van der Waals surface area (Å²) in [4.78, 5) is 0. The van der Waals surface area contributed by atoms with E-state index in [0.29, 0.717) is 6.61 Å². The van der Waals surface area contributed by atoms with Gasteiger partial charge in [0.15, 0.2) is 11.5 Å². The van der Waals surface area contributed by atoms with E-state index in [9.17, 15) is 0 Å². The molecule has 3 heteroatoms. The molecular formula is C17H21NO2. The predicted molar refractivity (Wildman–Crippen MR) is 81.4 cm³/mol. The first-order chi connectivity index (χ1) is 9.85. The lowest BCUT2D eigenvalue weighted by molar-refractivity contribution is 0.283. The third-order valence-electron chi connectivity index (χ3n) is 3.15. The SMILES string of the molecule is CNCCc1cccc(OCc2ccccc2)c1OC. The van der Waals surface area contributed by atoms with Crippen LogP contribution in [0.3, 0.4) is 0 Å². The van der Waals surface area contributed by atoms with Gasteiger partial charge in [-0.05, 0) is 37.2 Å². The Morgan fingerprint density at radius 1 is 1.00 bits per heavy atom. The Morgan fingerprint density at radius 3 is 2.50 bits per heavy atom. The van der Waals surface area contributed by atoms with E-state index in [1.165, 1.54) is 0 Å². The topological polar surface area (TPSA) is 30.5 Å². The zero-order valence-corrected chi connectivity index (χ0v) is 12.1. The zero-order chi connectivity index (χ0) is 14.2. The molecule has 0 fully saturated rings. The van der Waals surface area contributed by atoms with Crippen LogP contribution in [-0.2, 0) is 13.0 Å². The van der Waals surface area contributed by atoms with Crippen molar-refractivity contribution < 1.29 is 9.47 Å². The lowest BCUT2D eigenvalue weighted by Gasteiger charge is -2.14. The maximum absolute atomic E-state index is 5.89. The van der Waals surface area contributed by atoms with Crippen molar-refractivity contribution in [3.63, 3.8) is 0 Å². The van der Waals surface area contributed by atoms with Gasteiger partial charge in [0.2, 0.25) is 0 Å². The molecule has 0 aromatic heterocycles. The van der Waals surface area contributed by atoms with Crippen LogP contribution < -0.4 is 14.8 Å². The quantitative estimate of drug-likeness (QED) is 0.839. The molecule has 106 valence electrons. The molecule has 2 aromatic rings. The van der Waals surface area contributed by atoms with E-state index in [2.05, 4.69) is 23.5 Å². The number of ether oxygens (including phenoxy) is 2. The van der Waals surface area contributed by atoms with Gasteiger partial charge in [-0.3, -0.25) is 0 Å². The first-order valence-corrected chi connectivity index (χ1v) is 6.82. The Bertz CT molecular complexity index is 526. The summed E-state index contributed by atoms with van der Waals surface area (Å²) in [7, 11) is 3.63. The number of nitrogens with one attached hydrogen (secondary N) is 1. The molecule has 0 saturated carbocycles.